The molecule has 0 aliphatic carbocycles. The van der Waals surface area contributed by atoms with Crippen LogP contribution in [0.1, 0.15) is 0 Å². The number of oxazole rings is 1. The quantitative estimate of drug-likeness (QED) is 0.173. The lowest BCUT2D eigenvalue weighted by Crippen LogP contribution is -2.10. The first-order valence-corrected chi connectivity index (χ1v) is 18.0. The average Bonchev–Trinajstić information content (AvgIpc) is 3.95. The van der Waals surface area contributed by atoms with E-state index in [-0.39, 0.29) is 0 Å². The Bertz CT molecular complexity index is 3160. The molecule has 0 saturated carbocycles. The Hall–Kier alpha value is -7.37. The number of rotatable bonds is 6. The summed E-state index contributed by atoms with van der Waals surface area (Å²) in [5, 5.41) is 4.14. The fraction of sp³-hybridized carbons (Fsp3) is 0. The maximum atomic E-state index is 6.40. The molecule has 8 aromatic carbocycles. The minimum absolute atomic E-state index is 0.595. The first-order chi connectivity index (χ1) is 26.7. The number of para-hydroxylation sites is 1. The third kappa shape index (κ3) is 4.98. The van der Waals surface area contributed by atoms with Crippen LogP contribution in [0, 0.1) is 0 Å². The molecule has 0 aliphatic heterocycles. The van der Waals surface area contributed by atoms with Crippen LogP contribution in [0.4, 0.5) is 17.1 Å². The number of aromatic nitrogens is 1. The van der Waals surface area contributed by atoms with Gasteiger partial charge in [-0.2, -0.15) is 0 Å². The monoisotopic (exact) mass is 694 g/mol. The van der Waals surface area contributed by atoms with E-state index in [2.05, 4.69) is 120 Å². The van der Waals surface area contributed by atoms with Gasteiger partial charge in [-0.25, -0.2) is 4.98 Å². The van der Waals surface area contributed by atoms with E-state index in [0.717, 1.165) is 94.3 Å². The van der Waals surface area contributed by atoms with E-state index in [4.69, 9.17) is 18.2 Å². The summed E-state index contributed by atoms with van der Waals surface area (Å²) < 4.78 is 19.1. The summed E-state index contributed by atoms with van der Waals surface area (Å²) >= 11 is 0. The Morgan fingerprint density at radius 2 is 0.963 bits per heavy atom. The van der Waals surface area contributed by atoms with Crippen molar-refractivity contribution < 1.29 is 13.3 Å². The molecule has 0 fully saturated rings. The molecule has 0 aliphatic rings. The van der Waals surface area contributed by atoms with Gasteiger partial charge in [0.15, 0.2) is 5.58 Å². The number of furan rings is 2. The second kappa shape index (κ2) is 12.1. The van der Waals surface area contributed by atoms with Gasteiger partial charge in [-0.15, -0.1) is 0 Å². The Morgan fingerprint density at radius 1 is 0.352 bits per heavy atom. The van der Waals surface area contributed by atoms with Crippen LogP contribution in [0.5, 0.6) is 0 Å². The van der Waals surface area contributed by atoms with E-state index in [1.807, 2.05) is 66.7 Å². The fourth-order valence-electron chi connectivity index (χ4n) is 7.69. The highest BCUT2D eigenvalue weighted by Crippen LogP contribution is 2.42. The zero-order valence-electron chi connectivity index (χ0n) is 28.9. The zero-order valence-corrected chi connectivity index (χ0v) is 28.9. The number of fused-ring (bicyclic) bond motifs is 8. The predicted octanol–water partition coefficient (Wildman–Crippen LogP) is 14.1. The molecule has 5 nitrogen and oxygen atoms in total. The first-order valence-electron chi connectivity index (χ1n) is 18.0. The van der Waals surface area contributed by atoms with Crippen molar-refractivity contribution in [2.45, 2.75) is 0 Å². The molecule has 11 aromatic rings. The van der Waals surface area contributed by atoms with Crippen molar-refractivity contribution in [1.29, 1.82) is 0 Å². The van der Waals surface area contributed by atoms with Crippen LogP contribution < -0.4 is 4.90 Å². The van der Waals surface area contributed by atoms with Crippen LogP contribution in [0.3, 0.4) is 0 Å². The van der Waals surface area contributed by atoms with Crippen LogP contribution in [0.2, 0.25) is 0 Å². The topological polar surface area (TPSA) is 55.6 Å². The lowest BCUT2D eigenvalue weighted by atomic mass is 10.0. The van der Waals surface area contributed by atoms with E-state index < -0.39 is 0 Å². The standard InChI is InChI=1S/C49H30N2O3/c1-3-10-31(11-4-1)34-14-9-15-37(28-34)51(38-23-24-40-39-16-7-8-17-43(39)53-46(40)30-38)36-21-18-32(19-22-36)35-20-26-44-41(29-35)47-45(52-44)27-25-42-48(47)54-49(50-42)33-12-5-2-6-13-33/h1-30H. The molecule has 0 bridgehead atoms. The normalized spacial score (nSPS) is 11.7. The number of hydrogen-bond acceptors (Lipinski definition) is 5. The van der Waals surface area contributed by atoms with Crippen molar-refractivity contribution in [3.05, 3.63) is 182 Å². The maximum Gasteiger partial charge on any atom is 0.227 e. The highest BCUT2D eigenvalue weighted by atomic mass is 16.4. The molecule has 0 amide bonds. The van der Waals surface area contributed by atoms with Crippen LogP contribution in [0.15, 0.2) is 195 Å². The summed E-state index contributed by atoms with van der Waals surface area (Å²) in [6.45, 7) is 0. The summed E-state index contributed by atoms with van der Waals surface area (Å²) in [5.74, 6) is 0.595. The van der Waals surface area contributed by atoms with Crippen molar-refractivity contribution in [2.24, 2.45) is 0 Å². The number of anilines is 3. The number of hydrogen-bond donors (Lipinski definition) is 0. The summed E-state index contributed by atoms with van der Waals surface area (Å²) in [6.07, 6.45) is 0. The highest BCUT2D eigenvalue weighted by molar-refractivity contribution is 6.17. The summed E-state index contributed by atoms with van der Waals surface area (Å²) in [6, 6.07) is 62.9. The molecule has 0 radical (unpaired) electrons. The van der Waals surface area contributed by atoms with Gasteiger partial charge in [0.1, 0.15) is 27.8 Å². The second-order valence-electron chi connectivity index (χ2n) is 13.6. The third-order valence-corrected chi connectivity index (χ3v) is 10.3. The van der Waals surface area contributed by atoms with Gasteiger partial charge in [0, 0.05) is 44.9 Å². The average molecular weight is 695 g/mol. The smallest absolute Gasteiger partial charge is 0.227 e. The highest BCUT2D eigenvalue weighted by Gasteiger charge is 2.19. The molecule has 0 saturated heterocycles. The lowest BCUT2D eigenvalue weighted by Gasteiger charge is -2.26. The fourth-order valence-corrected chi connectivity index (χ4v) is 7.69. The van der Waals surface area contributed by atoms with Gasteiger partial charge in [0.25, 0.3) is 0 Å². The van der Waals surface area contributed by atoms with Crippen molar-refractivity contribution in [3.63, 3.8) is 0 Å². The van der Waals surface area contributed by atoms with E-state index in [9.17, 15) is 0 Å². The Morgan fingerprint density at radius 3 is 1.81 bits per heavy atom. The van der Waals surface area contributed by atoms with E-state index in [1.165, 1.54) is 5.56 Å². The number of benzene rings is 8. The molecule has 5 heteroatoms. The summed E-state index contributed by atoms with van der Waals surface area (Å²) in [5.41, 5.74) is 13.4. The van der Waals surface area contributed by atoms with Gasteiger partial charge in [-0.05, 0) is 101 Å². The van der Waals surface area contributed by atoms with E-state index in [0.29, 0.717) is 5.89 Å². The molecule has 0 unspecified atom stereocenters. The zero-order chi connectivity index (χ0) is 35.6. The van der Waals surface area contributed by atoms with Gasteiger partial charge in [-0.1, -0.05) is 97.1 Å². The Kier molecular flexibility index (Phi) is 6.79. The van der Waals surface area contributed by atoms with Crippen LogP contribution in [-0.2, 0) is 0 Å². The van der Waals surface area contributed by atoms with Gasteiger partial charge in [0.05, 0.1) is 5.39 Å². The van der Waals surface area contributed by atoms with Crippen molar-refractivity contribution in [2.75, 3.05) is 4.90 Å². The number of nitrogens with zero attached hydrogens (tertiary/aromatic N) is 2. The maximum absolute atomic E-state index is 6.40. The van der Waals surface area contributed by atoms with Crippen LogP contribution in [0.25, 0.3) is 88.7 Å². The molecule has 3 heterocycles. The Balaban J connectivity index is 1.02. The largest absolute Gasteiger partial charge is 0.456 e. The van der Waals surface area contributed by atoms with E-state index in [1.54, 1.807) is 0 Å². The molecular formula is C49H30N2O3. The van der Waals surface area contributed by atoms with Crippen molar-refractivity contribution >= 4 is 72.0 Å². The lowest BCUT2D eigenvalue weighted by molar-refractivity contribution is 0.622. The van der Waals surface area contributed by atoms with Crippen LogP contribution in [-0.4, -0.2) is 4.98 Å². The second-order valence-corrected chi connectivity index (χ2v) is 13.6. The minimum atomic E-state index is 0.595. The summed E-state index contributed by atoms with van der Waals surface area (Å²) in [4.78, 5) is 7.10. The SMILES string of the molecule is c1ccc(-c2cccc(N(c3ccc(-c4ccc5oc6ccc7nc(-c8ccccc8)oc7c6c5c4)cc3)c3ccc4c(c3)oc3ccccc34)c2)cc1. The van der Waals surface area contributed by atoms with Crippen molar-refractivity contribution in [3.8, 4) is 33.7 Å². The molecule has 11 rings (SSSR count). The summed E-state index contributed by atoms with van der Waals surface area (Å²) in [7, 11) is 0. The molecule has 254 valence electrons. The predicted molar refractivity (Wildman–Crippen MR) is 220 cm³/mol. The third-order valence-electron chi connectivity index (χ3n) is 10.3. The Labute approximate surface area is 309 Å². The molecule has 0 atom stereocenters. The van der Waals surface area contributed by atoms with E-state index >= 15 is 0 Å². The molecule has 3 aromatic heterocycles. The molecule has 0 N–H and O–H groups in total. The van der Waals surface area contributed by atoms with Gasteiger partial charge >= 0.3 is 0 Å². The molecule has 0 spiro atoms. The van der Waals surface area contributed by atoms with Crippen LogP contribution >= 0.6 is 0 Å². The minimum Gasteiger partial charge on any atom is -0.456 e. The van der Waals surface area contributed by atoms with Crippen molar-refractivity contribution in [1.82, 2.24) is 4.98 Å². The molecular weight excluding hydrogens is 665 g/mol. The molecule has 54 heavy (non-hydrogen) atoms. The van der Waals surface area contributed by atoms with Gasteiger partial charge in [-0.3, -0.25) is 0 Å². The van der Waals surface area contributed by atoms with Gasteiger partial charge < -0.3 is 18.2 Å². The first kappa shape index (κ1) is 30.3. The van der Waals surface area contributed by atoms with Gasteiger partial charge in [0.2, 0.25) is 5.89 Å².